The Kier molecular flexibility index (Phi) is 4.53. The lowest BCUT2D eigenvalue weighted by Gasteiger charge is -2.27. The molecule has 4 nitrogen and oxygen atoms in total. The molecule has 0 spiro atoms. The molecule has 3 rings (SSSR count). The zero-order chi connectivity index (χ0) is 16.4. The van der Waals surface area contributed by atoms with Gasteiger partial charge in [-0.2, -0.15) is 0 Å². The van der Waals surface area contributed by atoms with Crippen molar-refractivity contribution in [3.8, 4) is 11.1 Å². The van der Waals surface area contributed by atoms with E-state index in [2.05, 4.69) is 0 Å². The highest BCUT2D eigenvalue weighted by Crippen LogP contribution is 2.39. The predicted octanol–water partition coefficient (Wildman–Crippen LogP) is 3.02. The largest absolute Gasteiger partial charge is 0.393 e. The third-order valence-corrected chi connectivity index (χ3v) is 5.48. The van der Waals surface area contributed by atoms with Crippen LogP contribution >= 0.6 is 0 Å². The molecule has 0 radical (unpaired) electrons. The molecule has 0 heterocycles. The maximum absolute atomic E-state index is 11.7. The van der Waals surface area contributed by atoms with Crippen LogP contribution in [0.2, 0.25) is 0 Å². The summed E-state index contributed by atoms with van der Waals surface area (Å²) in [5.41, 5.74) is 3.11. The molecule has 1 fully saturated rings. The summed E-state index contributed by atoms with van der Waals surface area (Å²) in [6.07, 6.45) is 2.97. The van der Waals surface area contributed by atoms with Crippen LogP contribution in [-0.4, -0.2) is 19.6 Å². The van der Waals surface area contributed by atoms with Gasteiger partial charge in [-0.05, 0) is 60.4 Å². The van der Waals surface area contributed by atoms with Gasteiger partial charge in [0.25, 0.3) is 0 Å². The number of hydrogen-bond donors (Lipinski definition) is 2. The van der Waals surface area contributed by atoms with E-state index in [4.69, 9.17) is 5.14 Å². The van der Waals surface area contributed by atoms with Crippen LogP contribution in [0, 0.1) is 0 Å². The van der Waals surface area contributed by atoms with Gasteiger partial charge in [-0.3, -0.25) is 0 Å². The molecule has 2 aromatic rings. The summed E-state index contributed by atoms with van der Waals surface area (Å²) in [6, 6.07) is 15.1. The van der Waals surface area contributed by atoms with Gasteiger partial charge in [-0.25, -0.2) is 13.6 Å². The SMILES string of the molecule is NS(=O)(=O)c1ccc(-c2ccccc2)c(C2CCC(O)CC2)c1. The molecule has 122 valence electrons. The fraction of sp³-hybridized carbons (Fsp3) is 0.333. The number of aliphatic hydroxyl groups excluding tert-OH is 1. The first-order valence-corrected chi connectivity index (χ1v) is 9.40. The molecule has 1 saturated carbocycles. The van der Waals surface area contributed by atoms with E-state index in [1.165, 1.54) is 0 Å². The molecule has 1 aliphatic carbocycles. The molecule has 3 N–H and O–H groups in total. The summed E-state index contributed by atoms with van der Waals surface area (Å²) >= 11 is 0. The number of rotatable bonds is 3. The standard InChI is InChI=1S/C18H21NO3S/c19-23(21,22)16-10-11-17(13-4-2-1-3-5-13)18(12-16)14-6-8-15(20)9-7-14/h1-5,10-12,14-15,20H,6-9H2,(H2,19,21,22). The first-order chi connectivity index (χ1) is 10.9. The van der Waals surface area contributed by atoms with E-state index in [0.29, 0.717) is 0 Å². The van der Waals surface area contributed by atoms with Crippen LogP contribution in [0.15, 0.2) is 53.4 Å². The lowest BCUT2D eigenvalue weighted by Crippen LogP contribution is -2.18. The molecule has 0 bridgehead atoms. The van der Waals surface area contributed by atoms with E-state index in [-0.39, 0.29) is 16.9 Å². The highest BCUT2D eigenvalue weighted by atomic mass is 32.2. The maximum Gasteiger partial charge on any atom is 0.238 e. The quantitative estimate of drug-likeness (QED) is 0.907. The van der Waals surface area contributed by atoms with Crippen molar-refractivity contribution in [2.24, 2.45) is 5.14 Å². The summed E-state index contributed by atoms with van der Waals surface area (Å²) in [7, 11) is -3.72. The summed E-state index contributed by atoms with van der Waals surface area (Å²) in [5.74, 6) is 0.246. The predicted molar refractivity (Wildman–Crippen MR) is 90.5 cm³/mol. The molecule has 5 heteroatoms. The van der Waals surface area contributed by atoms with E-state index in [9.17, 15) is 13.5 Å². The van der Waals surface area contributed by atoms with Gasteiger partial charge in [-0.1, -0.05) is 36.4 Å². The minimum absolute atomic E-state index is 0.151. The van der Waals surface area contributed by atoms with Crippen molar-refractivity contribution >= 4 is 10.0 Å². The lowest BCUT2D eigenvalue weighted by atomic mass is 9.80. The Labute approximate surface area is 137 Å². The van der Waals surface area contributed by atoms with E-state index < -0.39 is 10.0 Å². The topological polar surface area (TPSA) is 80.4 Å². The Hall–Kier alpha value is -1.69. The molecule has 0 atom stereocenters. The average Bonchev–Trinajstić information content (AvgIpc) is 2.55. The second-order valence-electron chi connectivity index (χ2n) is 6.17. The van der Waals surface area contributed by atoms with Crippen molar-refractivity contribution in [2.45, 2.75) is 42.6 Å². The second-order valence-corrected chi connectivity index (χ2v) is 7.73. The normalized spacial score (nSPS) is 22.0. The van der Waals surface area contributed by atoms with Gasteiger partial charge in [-0.15, -0.1) is 0 Å². The summed E-state index contributed by atoms with van der Waals surface area (Å²) in [5, 5.41) is 15.0. The third-order valence-electron chi connectivity index (χ3n) is 4.57. The van der Waals surface area contributed by atoms with Gasteiger partial charge in [0.15, 0.2) is 0 Å². The monoisotopic (exact) mass is 331 g/mol. The van der Waals surface area contributed by atoms with E-state index in [0.717, 1.165) is 42.4 Å². The van der Waals surface area contributed by atoms with Gasteiger partial charge in [0.1, 0.15) is 0 Å². The molecule has 0 amide bonds. The van der Waals surface area contributed by atoms with Crippen molar-refractivity contribution in [3.05, 3.63) is 54.1 Å². The Morgan fingerprint density at radius 3 is 2.22 bits per heavy atom. The molecule has 1 aliphatic rings. The lowest BCUT2D eigenvalue weighted by molar-refractivity contribution is 0.122. The molecule has 0 aliphatic heterocycles. The van der Waals surface area contributed by atoms with Gasteiger partial charge in [0.05, 0.1) is 11.0 Å². The van der Waals surface area contributed by atoms with Crippen LogP contribution < -0.4 is 5.14 Å². The molecule has 2 aromatic carbocycles. The number of nitrogens with two attached hydrogens (primary N) is 1. The average molecular weight is 331 g/mol. The summed E-state index contributed by atoms with van der Waals surface area (Å²) < 4.78 is 23.4. The number of hydrogen-bond acceptors (Lipinski definition) is 3. The second kappa shape index (κ2) is 6.43. The summed E-state index contributed by atoms with van der Waals surface area (Å²) in [6.45, 7) is 0. The van der Waals surface area contributed by atoms with Crippen LogP contribution in [-0.2, 0) is 10.0 Å². The van der Waals surface area contributed by atoms with E-state index in [1.54, 1.807) is 12.1 Å². The van der Waals surface area contributed by atoms with Crippen LogP contribution in [0.1, 0.15) is 37.2 Å². The molecule has 0 saturated heterocycles. The van der Waals surface area contributed by atoms with Gasteiger partial charge in [0, 0.05) is 0 Å². The minimum atomic E-state index is -3.72. The fourth-order valence-corrected chi connectivity index (χ4v) is 3.87. The number of sulfonamides is 1. The molecule has 23 heavy (non-hydrogen) atoms. The maximum atomic E-state index is 11.7. The van der Waals surface area contributed by atoms with Crippen molar-refractivity contribution in [1.82, 2.24) is 0 Å². The van der Waals surface area contributed by atoms with Crippen LogP contribution in [0.3, 0.4) is 0 Å². The smallest absolute Gasteiger partial charge is 0.238 e. The zero-order valence-electron chi connectivity index (χ0n) is 12.9. The van der Waals surface area contributed by atoms with Crippen molar-refractivity contribution in [1.29, 1.82) is 0 Å². The third kappa shape index (κ3) is 3.63. The highest BCUT2D eigenvalue weighted by molar-refractivity contribution is 7.89. The van der Waals surface area contributed by atoms with Crippen LogP contribution in [0.4, 0.5) is 0 Å². The molecule has 0 unspecified atom stereocenters. The van der Waals surface area contributed by atoms with E-state index in [1.807, 2.05) is 36.4 Å². The number of primary sulfonamides is 1. The minimum Gasteiger partial charge on any atom is -0.393 e. The Morgan fingerprint density at radius 2 is 1.61 bits per heavy atom. The van der Waals surface area contributed by atoms with Crippen LogP contribution in [0.25, 0.3) is 11.1 Å². The Balaban J connectivity index is 2.09. The van der Waals surface area contributed by atoms with E-state index >= 15 is 0 Å². The van der Waals surface area contributed by atoms with Gasteiger partial charge < -0.3 is 5.11 Å². The molecular weight excluding hydrogens is 310 g/mol. The Bertz CT molecular complexity index is 779. The number of benzene rings is 2. The van der Waals surface area contributed by atoms with Gasteiger partial charge in [0.2, 0.25) is 10.0 Å². The van der Waals surface area contributed by atoms with Crippen molar-refractivity contribution in [3.63, 3.8) is 0 Å². The zero-order valence-corrected chi connectivity index (χ0v) is 13.7. The highest BCUT2D eigenvalue weighted by Gasteiger charge is 2.24. The molecule has 0 aromatic heterocycles. The van der Waals surface area contributed by atoms with Crippen molar-refractivity contribution in [2.75, 3.05) is 0 Å². The number of aliphatic hydroxyl groups is 1. The first-order valence-electron chi connectivity index (χ1n) is 7.85. The van der Waals surface area contributed by atoms with Crippen molar-refractivity contribution < 1.29 is 13.5 Å². The fourth-order valence-electron chi connectivity index (χ4n) is 3.32. The summed E-state index contributed by atoms with van der Waals surface area (Å²) in [4.78, 5) is 0.151. The first kappa shape index (κ1) is 16.2. The van der Waals surface area contributed by atoms with Gasteiger partial charge >= 0.3 is 0 Å². The van der Waals surface area contributed by atoms with Crippen LogP contribution in [0.5, 0.6) is 0 Å². The Morgan fingerprint density at radius 1 is 0.957 bits per heavy atom. The molecular formula is C18H21NO3S.